The van der Waals surface area contributed by atoms with Crippen molar-refractivity contribution in [3.8, 4) is 0 Å². The Balaban J connectivity index is 0.000000207. The molecule has 0 aliphatic carbocycles. The Labute approximate surface area is 280 Å². The minimum absolute atomic E-state index is 1.10. The molecule has 0 unspecified atom stereocenters. The number of aryl methyl sites for hydroxylation is 4. The van der Waals surface area contributed by atoms with E-state index in [9.17, 15) is 0 Å². The summed E-state index contributed by atoms with van der Waals surface area (Å²) in [7, 11) is 0. The maximum absolute atomic E-state index is 3.72. The molecule has 42 heavy (non-hydrogen) atoms. The Hall–Kier alpha value is -1.32. The summed E-state index contributed by atoms with van der Waals surface area (Å²) >= 11 is 5.17. The van der Waals surface area contributed by atoms with E-state index in [0.29, 0.717) is 0 Å². The van der Waals surface area contributed by atoms with Crippen LogP contribution in [0.2, 0.25) is 0 Å². The SMILES string of the molecule is Cc1[cH-]c2c(sc3ccccc32)c1C.Cc1[cH-]c2c(sc3ccccc32)c1C.[CH2-]CCCCC.[CH2-]CCCCC.[Si]=[Zr]. The average molecular weight is 688 g/mol. The van der Waals surface area contributed by atoms with Gasteiger partial charge in [0.05, 0.1) is 0 Å². The van der Waals surface area contributed by atoms with Crippen molar-refractivity contribution in [1.29, 1.82) is 0 Å². The first kappa shape index (κ1) is 36.9. The number of fused-ring (bicyclic) bond motifs is 6. The van der Waals surface area contributed by atoms with Crippen molar-refractivity contribution in [2.45, 2.75) is 92.9 Å². The fraction of sp³-hybridized carbons (Fsp3) is 0.368. The van der Waals surface area contributed by atoms with Crippen LogP contribution in [-0.4, -0.2) is 6.88 Å². The van der Waals surface area contributed by atoms with E-state index in [0.717, 1.165) is 12.8 Å². The molecule has 0 fully saturated rings. The van der Waals surface area contributed by atoms with E-state index >= 15 is 0 Å². The number of benzene rings is 2. The average Bonchev–Trinajstić information content (AvgIpc) is 3.73. The second kappa shape index (κ2) is 19.9. The molecule has 4 heteroatoms. The zero-order valence-electron chi connectivity index (χ0n) is 26.7. The normalized spacial score (nSPS) is 10.4. The van der Waals surface area contributed by atoms with Crippen molar-refractivity contribution in [1.82, 2.24) is 0 Å². The fourth-order valence-electron chi connectivity index (χ4n) is 4.84. The van der Waals surface area contributed by atoms with Crippen LogP contribution in [0.15, 0.2) is 60.7 Å². The summed E-state index contributed by atoms with van der Waals surface area (Å²) in [4.78, 5) is 0. The Bertz CT molecular complexity index is 1480. The first-order valence-electron chi connectivity index (χ1n) is 15.3. The van der Waals surface area contributed by atoms with Gasteiger partial charge in [-0.3, -0.25) is 0 Å². The number of hydrogen-bond donors (Lipinski definition) is 0. The van der Waals surface area contributed by atoms with Crippen molar-refractivity contribution >= 4 is 69.9 Å². The van der Waals surface area contributed by atoms with Gasteiger partial charge in [0, 0.05) is 0 Å². The third-order valence-electron chi connectivity index (χ3n) is 7.56. The predicted molar refractivity (Wildman–Crippen MR) is 194 cm³/mol. The zero-order valence-corrected chi connectivity index (χ0v) is 31.8. The molecule has 224 valence electrons. The summed E-state index contributed by atoms with van der Waals surface area (Å²) in [5.74, 6) is 0. The number of unbranched alkanes of at least 4 members (excludes halogenated alkanes) is 6. The molecule has 0 aliphatic heterocycles. The summed E-state index contributed by atoms with van der Waals surface area (Å²) in [6.45, 7) is 23.7. The molecule has 0 saturated heterocycles. The van der Waals surface area contributed by atoms with Crippen LogP contribution < -0.4 is 0 Å². The third-order valence-corrected chi connectivity index (χ3v) is 10.2. The molecule has 6 aromatic rings. The minimum atomic E-state index is 1.10. The van der Waals surface area contributed by atoms with Crippen LogP contribution in [-0.2, 0) is 23.3 Å². The Morgan fingerprint density at radius 3 is 1.29 bits per heavy atom. The molecule has 2 aromatic heterocycles. The summed E-state index contributed by atoms with van der Waals surface area (Å²) in [5, 5.41) is 5.67. The van der Waals surface area contributed by atoms with Gasteiger partial charge in [-0.05, 0) is 9.40 Å². The number of hydrogen-bond acceptors (Lipinski definition) is 2. The van der Waals surface area contributed by atoms with Crippen LogP contribution in [0.5, 0.6) is 0 Å². The van der Waals surface area contributed by atoms with E-state index in [1.54, 1.807) is 0 Å². The van der Waals surface area contributed by atoms with Crippen molar-refractivity contribution in [2.24, 2.45) is 0 Å². The third kappa shape index (κ3) is 9.85. The van der Waals surface area contributed by atoms with Gasteiger partial charge in [-0.2, -0.15) is 12.8 Å². The molecular weight excluding hydrogens is 640 g/mol. The first-order chi connectivity index (χ1) is 20.4. The van der Waals surface area contributed by atoms with Crippen LogP contribution in [0.1, 0.15) is 87.5 Å². The molecule has 0 saturated carbocycles. The molecule has 0 N–H and O–H groups in total. The Morgan fingerprint density at radius 2 is 0.976 bits per heavy atom. The van der Waals surface area contributed by atoms with E-state index in [1.165, 1.54) is 124 Å². The molecule has 2 radical (unpaired) electrons. The molecule has 0 spiro atoms. The van der Waals surface area contributed by atoms with E-state index in [4.69, 9.17) is 0 Å². The van der Waals surface area contributed by atoms with Crippen LogP contribution in [0.4, 0.5) is 0 Å². The topological polar surface area (TPSA) is 0 Å². The van der Waals surface area contributed by atoms with Gasteiger partial charge in [-0.25, -0.2) is 22.7 Å². The van der Waals surface area contributed by atoms with Crippen molar-refractivity contribution in [3.05, 3.63) is 96.8 Å². The van der Waals surface area contributed by atoms with Gasteiger partial charge < -0.3 is 13.8 Å². The zero-order chi connectivity index (χ0) is 31.1. The molecular formula is C38H48S2SiZr-4. The predicted octanol–water partition coefficient (Wildman–Crippen LogP) is 13.2. The van der Waals surface area contributed by atoms with Crippen molar-refractivity contribution in [3.63, 3.8) is 0 Å². The number of thiophene rings is 2. The summed E-state index contributed by atoms with van der Waals surface area (Å²) in [5.41, 5.74) is 5.72. The van der Waals surface area contributed by atoms with Gasteiger partial charge in [0.1, 0.15) is 0 Å². The van der Waals surface area contributed by atoms with Gasteiger partial charge >= 0.3 is 30.2 Å². The van der Waals surface area contributed by atoms with Crippen molar-refractivity contribution < 1.29 is 23.3 Å². The Kier molecular flexibility index (Phi) is 17.4. The van der Waals surface area contributed by atoms with Gasteiger partial charge in [0.25, 0.3) is 0 Å². The van der Waals surface area contributed by atoms with Crippen molar-refractivity contribution in [2.75, 3.05) is 0 Å². The molecule has 0 aliphatic rings. The van der Waals surface area contributed by atoms with E-state index in [2.05, 4.69) is 123 Å². The monoisotopic (exact) mass is 686 g/mol. The van der Waals surface area contributed by atoms with Gasteiger partial charge in [0.15, 0.2) is 0 Å². The molecule has 0 nitrogen and oxygen atoms in total. The molecule has 4 aromatic carbocycles. The second-order valence-electron chi connectivity index (χ2n) is 10.7. The molecule has 6 rings (SSSR count). The van der Waals surface area contributed by atoms with E-state index in [-0.39, 0.29) is 0 Å². The van der Waals surface area contributed by atoms with E-state index in [1.807, 2.05) is 22.7 Å². The Morgan fingerprint density at radius 1 is 0.619 bits per heavy atom. The number of rotatable bonds is 6. The van der Waals surface area contributed by atoms with Gasteiger partial charge in [-0.1, -0.05) is 149 Å². The quantitative estimate of drug-likeness (QED) is 0.0929. The first-order valence-corrected chi connectivity index (χ1v) is 21.1. The maximum atomic E-state index is 3.72. The van der Waals surface area contributed by atoms with Gasteiger partial charge in [0.2, 0.25) is 0 Å². The van der Waals surface area contributed by atoms with E-state index < -0.39 is 0 Å². The second-order valence-corrected chi connectivity index (χ2v) is 12.8. The van der Waals surface area contributed by atoms with Crippen LogP contribution in [0, 0.1) is 41.5 Å². The van der Waals surface area contributed by atoms with Crippen LogP contribution in [0.3, 0.4) is 0 Å². The molecule has 0 amide bonds. The summed E-state index contributed by atoms with van der Waals surface area (Å²) in [6, 6.07) is 21.9. The summed E-state index contributed by atoms with van der Waals surface area (Å²) in [6.07, 6.45) is 10.1. The fourth-order valence-corrected chi connectivity index (χ4v) is 7.33. The van der Waals surface area contributed by atoms with Crippen LogP contribution >= 0.6 is 22.7 Å². The summed E-state index contributed by atoms with van der Waals surface area (Å²) < 4.78 is 5.73. The van der Waals surface area contributed by atoms with Crippen LogP contribution in [0.25, 0.3) is 40.3 Å². The standard InChI is InChI=1S/2C13H11S.2C6H13.Si.Zr/c2*1-8-7-11-10-5-3-4-6-12(10)14-13(11)9(8)2;2*1-3-5-6-4-2;;/h2*3-7H,1-2H3;2*1,3-6H2,2H3;;/q4*-1;;. The molecule has 0 bridgehead atoms. The molecule has 0 atom stereocenters. The molecule has 2 heterocycles. The van der Waals surface area contributed by atoms with Gasteiger partial charge in [-0.15, -0.1) is 45.2 Å².